The lowest BCUT2D eigenvalue weighted by atomic mass is 9.97. The molecule has 2 aliphatic rings. The predicted octanol–water partition coefficient (Wildman–Crippen LogP) is 3.11. The Balaban J connectivity index is 1.54. The lowest BCUT2D eigenvalue weighted by molar-refractivity contribution is 0.0694. The van der Waals surface area contributed by atoms with Crippen LogP contribution in [0.2, 0.25) is 0 Å². The van der Waals surface area contributed by atoms with E-state index >= 15 is 0 Å². The van der Waals surface area contributed by atoms with Crippen molar-refractivity contribution in [3.05, 3.63) is 29.8 Å². The monoisotopic (exact) mass is 371 g/mol. The number of carbonyl (C=O) groups is 1. The lowest BCUT2D eigenvalue weighted by Gasteiger charge is -2.49. The molecule has 0 bridgehead atoms. The number of hydrogen-bond donors (Lipinski definition) is 1. The fraction of sp³-hybridized carbons (Fsp3) is 0.500. The van der Waals surface area contributed by atoms with Gasteiger partial charge in [-0.1, -0.05) is 11.6 Å². The SMILES string of the molecule is COc1ccc(-c2onc(N3CC(N4CCCCC4C)C3)c2C(=O)O)cc1. The smallest absolute Gasteiger partial charge is 0.343 e. The summed E-state index contributed by atoms with van der Waals surface area (Å²) < 4.78 is 10.6. The van der Waals surface area contributed by atoms with Crippen LogP contribution < -0.4 is 9.64 Å². The van der Waals surface area contributed by atoms with Crippen LogP contribution in [0.3, 0.4) is 0 Å². The highest BCUT2D eigenvalue weighted by Crippen LogP contribution is 2.35. The van der Waals surface area contributed by atoms with Gasteiger partial charge in [0.2, 0.25) is 0 Å². The maximum Gasteiger partial charge on any atom is 0.343 e. The summed E-state index contributed by atoms with van der Waals surface area (Å²) in [5.41, 5.74) is 0.805. The van der Waals surface area contributed by atoms with Crippen molar-refractivity contribution in [2.24, 2.45) is 0 Å². The zero-order valence-electron chi connectivity index (χ0n) is 15.7. The molecule has 7 nitrogen and oxygen atoms in total. The third-order valence-corrected chi connectivity index (χ3v) is 5.73. The number of nitrogens with zero attached hydrogens (tertiary/aromatic N) is 3. The third-order valence-electron chi connectivity index (χ3n) is 5.73. The molecule has 27 heavy (non-hydrogen) atoms. The van der Waals surface area contributed by atoms with Gasteiger partial charge >= 0.3 is 5.97 Å². The van der Waals surface area contributed by atoms with E-state index in [4.69, 9.17) is 9.26 Å². The highest BCUT2D eigenvalue weighted by molar-refractivity contribution is 5.99. The number of piperidine rings is 1. The van der Waals surface area contributed by atoms with E-state index in [9.17, 15) is 9.90 Å². The van der Waals surface area contributed by atoms with E-state index in [-0.39, 0.29) is 11.3 Å². The minimum atomic E-state index is -1.02. The van der Waals surface area contributed by atoms with Crippen molar-refractivity contribution >= 4 is 11.8 Å². The normalized spacial score (nSPS) is 21.1. The molecule has 2 aliphatic heterocycles. The zero-order valence-corrected chi connectivity index (χ0v) is 15.7. The minimum absolute atomic E-state index is 0.130. The number of hydrogen-bond acceptors (Lipinski definition) is 6. The van der Waals surface area contributed by atoms with Gasteiger partial charge in [0.25, 0.3) is 0 Å². The standard InChI is InChI=1S/C20H25N3O4/c1-13-5-3-4-10-23(13)15-11-22(12-15)19-17(20(24)25)18(27-21-19)14-6-8-16(26-2)9-7-14/h6-9,13,15H,3-5,10-12H2,1-2H3,(H,24,25). The molecule has 2 saturated heterocycles. The van der Waals surface area contributed by atoms with E-state index in [0.717, 1.165) is 19.6 Å². The van der Waals surface area contributed by atoms with Crippen molar-refractivity contribution in [3.8, 4) is 17.1 Å². The van der Waals surface area contributed by atoms with E-state index in [1.54, 1.807) is 31.4 Å². The molecule has 0 radical (unpaired) electrons. The van der Waals surface area contributed by atoms with Gasteiger partial charge in [-0.25, -0.2) is 4.79 Å². The van der Waals surface area contributed by atoms with Crippen LogP contribution in [0.25, 0.3) is 11.3 Å². The maximum atomic E-state index is 11.9. The van der Waals surface area contributed by atoms with Gasteiger partial charge in [0.1, 0.15) is 5.75 Å². The van der Waals surface area contributed by atoms with E-state index in [1.165, 1.54) is 19.3 Å². The summed E-state index contributed by atoms with van der Waals surface area (Å²) in [5, 5.41) is 13.9. The summed E-state index contributed by atoms with van der Waals surface area (Å²) in [6.07, 6.45) is 3.78. The molecule has 2 aromatic rings. The van der Waals surface area contributed by atoms with E-state index in [0.29, 0.717) is 29.2 Å². The number of aromatic carboxylic acids is 1. The maximum absolute atomic E-state index is 11.9. The Bertz CT molecular complexity index is 811. The number of rotatable bonds is 5. The van der Waals surface area contributed by atoms with Crippen molar-refractivity contribution in [1.29, 1.82) is 0 Å². The van der Waals surface area contributed by atoms with Gasteiger partial charge in [0.05, 0.1) is 7.11 Å². The molecule has 0 amide bonds. The van der Waals surface area contributed by atoms with Gasteiger partial charge in [-0.15, -0.1) is 0 Å². The van der Waals surface area contributed by atoms with Crippen molar-refractivity contribution in [2.45, 2.75) is 38.3 Å². The third kappa shape index (κ3) is 3.27. The quantitative estimate of drug-likeness (QED) is 0.865. The van der Waals surface area contributed by atoms with Crippen LogP contribution in [0.1, 0.15) is 36.5 Å². The molecule has 1 aromatic carbocycles. The van der Waals surface area contributed by atoms with Crippen LogP contribution in [0.4, 0.5) is 5.82 Å². The Hall–Kier alpha value is -2.54. The van der Waals surface area contributed by atoms with Gasteiger partial charge in [0, 0.05) is 30.7 Å². The predicted molar refractivity (Wildman–Crippen MR) is 101 cm³/mol. The van der Waals surface area contributed by atoms with Gasteiger partial charge in [-0.05, 0) is 50.6 Å². The minimum Gasteiger partial charge on any atom is -0.497 e. The van der Waals surface area contributed by atoms with Crippen molar-refractivity contribution in [1.82, 2.24) is 10.1 Å². The molecule has 0 aliphatic carbocycles. The van der Waals surface area contributed by atoms with Gasteiger partial charge in [-0.2, -0.15) is 0 Å². The van der Waals surface area contributed by atoms with Crippen LogP contribution in [-0.4, -0.2) is 60.0 Å². The Morgan fingerprint density at radius 1 is 1.26 bits per heavy atom. The van der Waals surface area contributed by atoms with E-state index < -0.39 is 5.97 Å². The molecule has 0 saturated carbocycles. The number of carboxylic acids is 1. The number of methoxy groups -OCH3 is 1. The summed E-state index contributed by atoms with van der Waals surface area (Å²) in [5.74, 6) is 0.396. The van der Waals surface area contributed by atoms with Gasteiger partial charge in [0.15, 0.2) is 17.1 Å². The number of aromatic nitrogens is 1. The first-order valence-corrected chi connectivity index (χ1v) is 9.46. The molecule has 4 rings (SSSR count). The van der Waals surface area contributed by atoms with Crippen molar-refractivity contribution in [2.75, 3.05) is 31.6 Å². The van der Waals surface area contributed by atoms with Crippen LogP contribution in [0.15, 0.2) is 28.8 Å². The van der Waals surface area contributed by atoms with Crippen LogP contribution in [0.5, 0.6) is 5.75 Å². The average molecular weight is 371 g/mol. The first-order chi connectivity index (χ1) is 13.1. The lowest BCUT2D eigenvalue weighted by Crippen LogP contribution is -2.62. The van der Waals surface area contributed by atoms with Crippen LogP contribution >= 0.6 is 0 Å². The first kappa shape index (κ1) is 17.9. The number of ether oxygens (including phenoxy) is 1. The molecular weight excluding hydrogens is 346 g/mol. The Kier molecular flexibility index (Phi) is 4.78. The molecule has 1 N–H and O–H groups in total. The molecule has 3 heterocycles. The fourth-order valence-corrected chi connectivity index (χ4v) is 4.13. The second kappa shape index (κ2) is 7.23. The molecule has 1 aromatic heterocycles. The Morgan fingerprint density at radius 3 is 2.63 bits per heavy atom. The van der Waals surface area contributed by atoms with Crippen molar-refractivity contribution < 1.29 is 19.2 Å². The Morgan fingerprint density at radius 2 is 2.00 bits per heavy atom. The average Bonchev–Trinajstić information content (AvgIpc) is 3.07. The van der Waals surface area contributed by atoms with E-state index in [2.05, 4.69) is 17.0 Å². The second-order valence-electron chi connectivity index (χ2n) is 7.39. The summed E-state index contributed by atoms with van der Waals surface area (Å²) in [4.78, 5) is 16.5. The van der Waals surface area contributed by atoms with Crippen molar-refractivity contribution in [3.63, 3.8) is 0 Å². The number of carboxylic acid groups (broad SMARTS) is 1. The highest BCUT2D eigenvalue weighted by atomic mass is 16.5. The zero-order chi connectivity index (χ0) is 19.0. The number of anilines is 1. The van der Waals surface area contributed by atoms with Gasteiger partial charge < -0.3 is 19.3 Å². The molecule has 7 heteroatoms. The number of likely N-dealkylation sites (tertiary alicyclic amines) is 1. The molecular formula is C20H25N3O4. The highest BCUT2D eigenvalue weighted by Gasteiger charge is 2.39. The number of benzene rings is 1. The molecule has 1 unspecified atom stereocenters. The largest absolute Gasteiger partial charge is 0.497 e. The summed E-state index contributed by atoms with van der Waals surface area (Å²) in [7, 11) is 1.59. The second-order valence-corrected chi connectivity index (χ2v) is 7.39. The molecule has 0 spiro atoms. The van der Waals surface area contributed by atoms with Crippen LogP contribution in [0, 0.1) is 0 Å². The molecule has 144 valence electrons. The van der Waals surface area contributed by atoms with Crippen LogP contribution in [-0.2, 0) is 0 Å². The topological polar surface area (TPSA) is 79.0 Å². The molecule has 1 atom stereocenters. The Labute approximate surface area is 158 Å². The van der Waals surface area contributed by atoms with Gasteiger partial charge in [-0.3, -0.25) is 4.90 Å². The summed E-state index contributed by atoms with van der Waals surface area (Å²) in [6.45, 7) is 4.99. The fourth-order valence-electron chi connectivity index (χ4n) is 4.13. The molecule has 2 fully saturated rings. The first-order valence-electron chi connectivity index (χ1n) is 9.46. The van der Waals surface area contributed by atoms with E-state index in [1.807, 2.05) is 4.90 Å². The summed E-state index contributed by atoms with van der Waals surface area (Å²) in [6, 6.07) is 8.18. The summed E-state index contributed by atoms with van der Waals surface area (Å²) >= 11 is 0.